The molecule has 1 atom stereocenters. The van der Waals surface area contributed by atoms with Crippen molar-refractivity contribution in [3.63, 3.8) is 0 Å². The minimum Gasteiger partial charge on any atom is -0.467 e. The summed E-state index contributed by atoms with van der Waals surface area (Å²) in [7, 11) is 2.23. The fourth-order valence-corrected chi connectivity index (χ4v) is 4.32. The molecule has 0 saturated heterocycles. The van der Waals surface area contributed by atoms with Crippen molar-refractivity contribution in [3.05, 3.63) is 59.2 Å². The van der Waals surface area contributed by atoms with E-state index in [9.17, 15) is 0 Å². The van der Waals surface area contributed by atoms with Crippen LogP contribution in [0.3, 0.4) is 0 Å². The molecule has 0 aliphatic carbocycles. The Bertz CT molecular complexity index is 791. The van der Waals surface area contributed by atoms with Crippen LogP contribution in [0, 0.1) is 6.92 Å². The zero-order chi connectivity index (χ0) is 20.1. The van der Waals surface area contributed by atoms with Gasteiger partial charge < -0.3 is 9.47 Å². The molecular formula is C23H32NO2P. The van der Waals surface area contributed by atoms with Gasteiger partial charge in [0.05, 0.1) is 5.54 Å². The van der Waals surface area contributed by atoms with Crippen molar-refractivity contribution >= 4 is 20.1 Å². The molecule has 0 bridgehead atoms. The minimum atomic E-state index is -0.0799. The van der Waals surface area contributed by atoms with Gasteiger partial charge in [-0.25, -0.2) is 0 Å². The third kappa shape index (κ3) is 6.16. The van der Waals surface area contributed by atoms with Crippen molar-refractivity contribution in [2.75, 3.05) is 13.9 Å². The number of nitrogens with zero attached hydrogens (tertiary/aromatic N) is 1. The molecule has 2 rings (SSSR count). The van der Waals surface area contributed by atoms with E-state index in [1.54, 1.807) is 7.11 Å². The normalized spacial score (nSPS) is 13.0. The average Bonchev–Trinajstić information content (AvgIpc) is 2.58. The zero-order valence-electron chi connectivity index (χ0n) is 17.6. The maximum absolute atomic E-state index is 5.92. The fraction of sp³-hybridized carbons (Fsp3) is 0.435. The van der Waals surface area contributed by atoms with Crippen LogP contribution in [0.2, 0.25) is 0 Å². The number of aryl methyl sites for hydroxylation is 1. The highest BCUT2D eigenvalue weighted by Gasteiger charge is 2.27. The van der Waals surface area contributed by atoms with Gasteiger partial charge in [-0.2, -0.15) is 0 Å². The van der Waals surface area contributed by atoms with Crippen molar-refractivity contribution in [1.29, 1.82) is 0 Å². The lowest BCUT2D eigenvalue weighted by Gasteiger charge is -2.29. The highest BCUT2D eigenvalue weighted by atomic mass is 31.1. The van der Waals surface area contributed by atoms with Gasteiger partial charge in [-0.1, -0.05) is 64.9 Å². The molecule has 2 aromatic carbocycles. The first-order valence-corrected chi connectivity index (χ1v) is 10.3. The first-order chi connectivity index (χ1) is 12.6. The predicted molar refractivity (Wildman–Crippen MR) is 118 cm³/mol. The number of aliphatic imine (C=N–C) groups is 1. The van der Waals surface area contributed by atoms with Gasteiger partial charge in [0.2, 0.25) is 0 Å². The Labute approximate surface area is 166 Å². The number of benzene rings is 2. The van der Waals surface area contributed by atoms with E-state index < -0.39 is 0 Å². The summed E-state index contributed by atoms with van der Waals surface area (Å²) in [6, 6.07) is 14.9. The van der Waals surface area contributed by atoms with E-state index in [0.29, 0.717) is 8.58 Å². The molecule has 0 spiro atoms. The molecule has 27 heavy (non-hydrogen) atoms. The number of hydrogen-bond donors (Lipinski definition) is 0. The Morgan fingerprint density at radius 2 is 1.70 bits per heavy atom. The van der Waals surface area contributed by atoms with Crippen LogP contribution in [-0.2, 0) is 9.89 Å². The van der Waals surface area contributed by atoms with Crippen LogP contribution in [-0.4, -0.2) is 25.7 Å². The first kappa shape index (κ1) is 21.6. The lowest BCUT2D eigenvalue weighted by Crippen LogP contribution is -2.19. The second kappa shape index (κ2) is 8.99. The van der Waals surface area contributed by atoms with Gasteiger partial charge in [-0.3, -0.25) is 4.99 Å². The molecule has 0 aliphatic heterocycles. The fourth-order valence-electron chi connectivity index (χ4n) is 2.84. The van der Waals surface area contributed by atoms with Crippen molar-refractivity contribution < 1.29 is 9.47 Å². The molecule has 0 aromatic heterocycles. The molecule has 0 amide bonds. The van der Waals surface area contributed by atoms with Crippen molar-refractivity contribution in [2.45, 2.75) is 52.2 Å². The van der Waals surface area contributed by atoms with E-state index in [2.05, 4.69) is 84.0 Å². The molecule has 146 valence electrons. The van der Waals surface area contributed by atoms with E-state index in [4.69, 9.17) is 14.5 Å². The van der Waals surface area contributed by atoms with Crippen LogP contribution in [0.15, 0.2) is 47.5 Å². The van der Waals surface area contributed by atoms with Crippen LogP contribution < -0.4 is 10.0 Å². The van der Waals surface area contributed by atoms with E-state index in [-0.39, 0.29) is 17.5 Å². The predicted octanol–water partition coefficient (Wildman–Crippen LogP) is 5.43. The minimum absolute atomic E-state index is 0.0687. The van der Waals surface area contributed by atoms with E-state index in [0.717, 1.165) is 11.3 Å². The second-order valence-corrected chi connectivity index (χ2v) is 10.3. The number of methoxy groups -OCH3 is 1. The summed E-state index contributed by atoms with van der Waals surface area (Å²) < 4.78 is 11.1. The Morgan fingerprint density at radius 1 is 1.00 bits per heavy atom. The van der Waals surface area contributed by atoms with Gasteiger partial charge in [0, 0.05) is 24.0 Å². The molecule has 2 aromatic rings. The lowest BCUT2D eigenvalue weighted by molar-refractivity contribution is 0.0496. The van der Waals surface area contributed by atoms with Gasteiger partial charge in [-0.15, -0.1) is 0 Å². The molecule has 1 unspecified atom stereocenters. The Kier molecular flexibility index (Phi) is 7.19. The Hall–Kier alpha value is -1.70. The van der Waals surface area contributed by atoms with Gasteiger partial charge in [0.25, 0.3) is 0 Å². The van der Waals surface area contributed by atoms with Gasteiger partial charge in [0.15, 0.2) is 6.79 Å². The molecule has 0 heterocycles. The highest BCUT2D eigenvalue weighted by molar-refractivity contribution is 7.48. The number of ether oxygens (including phenoxy) is 2. The topological polar surface area (TPSA) is 30.8 Å². The van der Waals surface area contributed by atoms with Gasteiger partial charge in [-0.05, 0) is 44.1 Å². The lowest BCUT2D eigenvalue weighted by atomic mass is 9.98. The largest absolute Gasteiger partial charge is 0.467 e. The summed E-state index contributed by atoms with van der Waals surface area (Å²) >= 11 is 0. The van der Waals surface area contributed by atoms with E-state index >= 15 is 0 Å². The number of rotatable bonds is 7. The Morgan fingerprint density at radius 3 is 2.37 bits per heavy atom. The maximum Gasteiger partial charge on any atom is 0.188 e. The smallest absolute Gasteiger partial charge is 0.188 e. The summed E-state index contributed by atoms with van der Waals surface area (Å²) in [5, 5.41) is 1.25. The molecule has 0 fully saturated rings. The summed E-state index contributed by atoms with van der Waals surface area (Å²) in [6.07, 6.45) is 2.01. The standard InChI is InChI=1S/C23H32NO2P/c1-17-11-10-13-19(21(17)26-16-25-7)23(5,6)27-20-14-9-8-12-18(20)15-24-22(2,3)4/h8-15,27H,16H2,1-7H3. The van der Waals surface area contributed by atoms with Gasteiger partial charge >= 0.3 is 0 Å². The quantitative estimate of drug-likeness (QED) is 0.361. The van der Waals surface area contributed by atoms with Crippen LogP contribution in [0.25, 0.3) is 0 Å². The Balaban J connectivity index is 2.38. The third-order valence-corrected chi connectivity index (χ3v) is 5.82. The van der Waals surface area contributed by atoms with Crippen molar-refractivity contribution in [2.24, 2.45) is 4.99 Å². The summed E-state index contributed by atoms with van der Waals surface area (Å²) in [5.74, 6) is 0.928. The average molecular weight is 385 g/mol. The van der Waals surface area contributed by atoms with Crippen molar-refractivity contribution in [1.82, 2.24) is 0 Å². The third-order valence-electron chi connectivity index (χ3n) is 4.21. The molecular weight excluding hydrogens is 353 g/mol. The van der Waals surface area contributed by atoms with Crippen LogP contribution in [0.5, 0.6) is 5.75 Å². The molecule has 0 N–H and O–H groups in total. The first-order valence-electron chi connectivity index (χ1n) is 9.28. The van der Waals surface area contributed by atoms with Crippen molar-refractivity contribution in [3.8, 4) is 5.75 Å². The monoisotopic (exact) mass is 385 g/mol. The van der Waals surface area contributed by atoms with Crippen LogP contribution in [0.1, 0.15) is 51.3 Å². The molecule has 0 radical (unpaired) electrons. The molecule has 0 aliphatic rings. The second-order valence-electron chi connectivity index (χ2n) is 8.27. The maximum atomic E-state index is 5.92. The van der Waals surface area contributed by atoms with Crippen LogP contribution in [0.4, 0.5) is 0 Å². The molecule has 0 saturated carbocycles. The van der Waals surface area contributed by atoms with E-state index in [1.807, 2.05) is 6.21 Å². The summed E-state index contributed by atoms with van der Waals surface area (Å²) in [6.45, 7) is 13.2. The zero-order valence-corrected chi connectivity index (χ0v) is 18.6. The SMILES string of the molecule is COCOc1c(C)cccc1C(C)(C)Pc1ccccc1C=NC(C)(C)C. The number of hydrogen-bond acceptors (Lipinski definition) is 3. The van der Waals surface area contributed by atoms with E-state index in [1.165, 1.54) is 16.4 Å². The summed E-state index contributed by atoms with van der Waals surface area (Å²) in [4.78, 5) is 4.70. The molecule has 4 heteroatoms. The molecule has 3 nitrogen and oxygen atoms in total. The van der Waals surface area contributed by atoms with Crippen LogP contribution >= 0.6 is 8.58 Å². The highest BCUT2D eigenvalue weighted by Crippen LogP contribution is 2.45. The number of para-hydroxylation sites is 1. The summed E-state index contributed by atoms with van der Waals surface area (Å²) in [5.41, 5.74) is 3.44. The van der Waals surface area contributed by atoms with Gasteiger partial charge in [0.1, 0.15) is 5.75 Å².